The minimum atomic E-state index is -4.79. The van der Waals surface area contributed by atoms with Gasteiger partial charge in [0.1, 0.15) is 12.2 Å². The highest BCUT2D eigenvalue weighted by atomic mass is 19.4. The summed E-state index contributed by atoms with van der Waals surface area (Å²) in [4.78, 5) is 11.6. The smallest absolute Gasteiger partial charge is 0.422 e. The summed E-state index contributed by atoms with van der Waals surface area (Å²) in [5.41, 5.74) is -0.853. The maximum absolute atomic E-state index is 12.5. The lowest BCUT2D eigenvalue weighted by atomic mass is 9.92. The number of esters is 1. The lowest BCUT2D eigenvalue weighted by molar-refractivity contribution is -0.151. The molecule has 0 amide bonds. The lowest BCUT2D eigenvalue weighted by Crippen LogP contribution is -2.21. The quantitative estimate of drug-likeness (QED) is 0.266. The Hall–Kier alpha value is -3.08. The van der Waals surface area contributed by atoms with Crippen molar-refractivity contribution in [3.8, 4) is 0 Å². The van der Waals surface area contributed by atoms with Gasteiger partial charge in [-0.3, -0.25) is 0 Å². The van der Waals surface area contributed by atoms with E-state index in [4.69, 9.17) is 4.74 Å². The number of benzene rings is 4. The van der Waals surface area contributed by atoms with Gasteiger partial charge >= 0.3 is 12.1 Å². The number of hydrogen-bond acceptors (Lipinski definition) is 2. The first-order chi connectivity index (χ1) is 12.4. The van der Waals surface area contributed by atoms with E-state index in [-0.39, 0.29) is 6.61 Å². The van der Waals surface area contributed by atoms with Gasteiger partial charge in [0, 0.05) is 0 Å². The second-order valence-electron chi connectivity index (χ2n) is 6.13. The van der Waals surface area contributed by atoms with Crippen molar-refractivity contribution >= 4 is 38.3 Å². The van der Waals surface area contributed by atoms with Gasteiger partial charge in [-0.05, 0) is 37.9 Å². The molecule has 130 valence electrons. The van der Waals surface area contributed by atoms with Crippen molar-refractivity contribution in [3.63, 3.8) is 0 Å². The van der Waals surface area contributed by atoms with E-state index in [1.165, 1.54) is 0 Å². The largest absolute Gasteiger partial charge is 0.457 e. The molecule has 4 aromatic carbocycles. The molecule has 0 radical (unpaired) electrons. The third kappa shape index (κ3) is 2.56. The van der Waals surface area contributed by atoms with Crippen molar-refractivity contribution < 1.29 is 22.7 Å². The highest BCUT2D eigenvalue weighted by Crippen LogP contribution is 2.36. The van der Waals surface area contributed by atoms with E-state index in [0.717, 1.165) is 32.3 Å². The summed E-state index contributed by atoms with van der Waals surface area (Å²) >= 11 is 0. The number of halogens is 3. The average molecular weight is 354 g/mol. The van der Waals surface area contributed by atoms with E-state index in [1.807, 2.05) is 48.5 Å². The topological polar surface area (TPSA) is 26.3 Å². The van der Waals surface area contributed by atoms with E-state index < -0.39 is 17.7 Å². The van der Waals surface area contributed by atoms with Gasteiger partial charge in [-0.2, -0.15) is 13.2 Å². The predicted molar refractivity (Wildman–Crippen MR) is 95.1 cm³/mol. The summed E-state index contributed by atoms with van der Waals surface area (Å²) in [6.45, 7) is 2.52. The SMILES string of the molecule is C=C(C(=O)OCc1ccc2ccc3cccc4ccc1c2c34)C(F)(F)F. The van der Waals surface area contributed by atoms with Crippen molar-refractivity contribution in [2.45, 2.75) is 12.8 Å². The second kappa shape index (κ2) is 5.73. The van der Waals surface area contributed by atoms with Crippen LogP contribution in [0.25, 0.3) is 32.3 Å². The fourth-order valence-corrected chi connectivity index (χ4v) is 3.27. The van der Waals surface area contributed by atoms with Crippen LogP contribution in [0.5, 0.6) is 0 Å². The molecule has 4 rings (SSSR count). The zero-order valence-corrected chi connectivity index (χ0v) is 13.6. The maximum Gasteiger partial charge on any atom is 0.422 e. The van der Waals surface area contributed by atoms with Crippen molar-refractivity contribution in [2.24, 2.45) is 0 Å². The second-order valence-corrected chi connectivity index (χ2v) is 6.13. The zero-order valence-electron chi connectivity index (χ0n) is 13.6. The number of rotatable bonds is 3. The molecule has 0 aliphatic heterocycles. The van der Waals surface area contributed by atoms with E-state index in [9.17, 15) is 18.0 Å². The number of hydrogen-bond donors (Lipinski definition) is 0. The molecule has 0 atom stereocenters. The number of ether oxygens (including phenoxy) is 1. The van der Waals surface area contributed by atoms with Crippen LogP contribution in [0.3, 0.4) is 0 Å². The highest BCUT2D eigenvalue weighted by molar-refractivity contribution is 6.23. The van der Waals surface area contributed by atoms with Crippen LogP contribution in [0, 0.1) is 0 Å². The Morgan fingerprint density at radius 2 is 1.46 bits per heavy atom. The van der Waals surface area contributed by atoms with Crippen molar-refractivity contribution in [1.82, 2.24) is 0 Å². The fraction of sp³-hybridized carbons (Fsp3) is 0.0952. The van der Waals surface area contributed by atoms with Crippen molar-refractivity contribution in [2.75, 3.05) is 0 Å². The van der Waals surface area contributed by atoms with Crippen LogP contribution in [0.4, 0.5) is 13.2 Å². The molecule has 0 aliphatic rings. The van der Waals surface area contributed by atoms with E-state index >= 15 is 0 Å². The van der Waals surface area contributed by atoms with Gasteiger partial charge in [0.25, 0.3) is 0 Å². The first-order valence-corrected chi connectivity index (χ1v) is 7.95. The van der Waals surface area contributed by atoms with Crippen LogP contribution in [-0.2, 0) is 16.1 Å². The van der Waals surface area contributed by atoms with Crippen molar-refractivity contribution in [1.29, 1.82) is 0 Å². The molecule has 2 nitrogen and oxygen atoms in total. The molecular weight excluding hydrogens is 341 g/mol. The summed E-state index contributed by atoms with van der Waals surface area (Å²) in [6.07, 6.45) is -4.79. The highest BCUT2D eigenvalue weighted by Gasteiger charge is 2.38. The van der Waals surface area contributed by atoms with Crippen LogP contribution < -0.4 is 0 Å². The van der Waals surface area contributed by atoms with Gasteiger partial charge in [0.2, 0.25) is 0 Å². The van der Waals surface area contributed by atoms with Gasteiger partial charge < -0.3 is 4.74 Å². The molecule has 0 bridgehead atoms. The van der Waals surface area contributed by atoms with E-state index in [1.54, 1.807) is 6.07 Å². The molecule has 0 N–H and O–H groups in total. The average Bonchev–Trinajstić information content (AvgIpc) is 2.63. The third-order valence-corrected chi connectivity index (χ3v) is 4.57. The van der Waals surface area contributed by atoms with Crippen LogP contribution in [0.2, 0.25) is 0 Å². The minimum absolute atomic E-state index is 0.248. The monoisotopic (exact) mass is 354 g/mol. The van der Waals surface area contributed by atoms with Gasteiger partial charge in [0.05, 0.1) is 0 Å². The Morgan fingerprint density at radius 1 is 0.885 bits per heavy atom. The Labute approximate surface area is 146 Å². The first-order valence-electron chi connectivity index (χ1n) is 7.95. The van der Waals surface area contributed by atoms with Gasteiger partial charge in [-0.15, -0.1) is 0 Å². The summed E-state index contributed by atoms with van der Waals surface area (Å²) in [5, 5.41) is 6.16. The number of carbonyl (C=O) groups is 1. The maximum atomic E-state index is 12.5. The number of alkyl halides is 3. The standard InChI is InChI=1S/C21H13F3O2/c1-12(21(22,23)24)20(25)26-11-16-8-7-15-6-5-13-3-2-4-14-9-10-17(16)19(15)18(13)14/h2-10H,1,11H2. The summed E-state index contributed by atoms with van der Waals surface area (Å²) in [6, 6.07) is 17.6. The Morgan fingerprint density at radius 3 is 2.12 bits per heavy atom. The Bertz CT molecular complexity index is 1140. The minimum Gasteiger partial charge on any atom is -0.457 e. The predicted octanol–water partition coefficient (Wildman–Crippen LogP) is 5.75. The first kappa shape index (κ1) is 16.4. The third-order valence-electron chi connectivity index (χ3n) is 4.57. The van der Waals surface area contributed by atoms with Crippen LogP contribution >= 0.6 is 0 Å². The zero-order chi connectivity index (χ0) is 18.5. The van der Waals surface area contributed by atoms with Crippen LogP contribution in [0.1, 0.15) is 5.56 Å². The molecule has 0 aromatic heterocycles. The molecule has 4 aromatic rings. The Kier molecular flexibility index (Phi) is 3.61. The summed E-state index contributed by atoms with van der Waals surface area (Å²) < 4.78 is 42.5. The van der Waals surface area contributed by atoms with E-state index in [0.29, 0.717) is 5.56 Å². The molecule has 0 heterocycles. The van der Waals surface area contributed by atoms with E-state index in [2.05, 4.69) is 6.58 Å². The molecule has 26 heavy (non-hydrogen) atoms. The Balaban J connectivity index is 1.77. The summed E-state index contributed by atoms with van der Waals surface area (Å²) in [5.74, 6) is -1.46. The van der Waals surface area contributed by atoms with Crippen molar-refractivity contribution in [3.05, 3.63) is 72.3 Å². The molecule has 0 saturated carbocycles. The molecule has 0 aliphatic carbocycles. The molecule has 0 spiro atoms. The van der Waals surface area contributed by atoms with Crippen LogP contribution in [-0.4, -0.2) is 12.1 Å². The fourth-order valence-electron chi connectivity index (χ4n) is 3.27. The normalized spacial score (nSPS) is 12.1. The summed E-state index contributed by atoms with van der Waals surface area (Å²) in [7, 11) is 0. The molecule has 0 saturated heterocycles. The molecule has 0 unspecified atom stereocenters. The van der Waals surface area contributed by atoms with Gasteiger partial charge in [-0.25, -0.2) is 4.79 Å². The molecular formula is C21H13F3O2. The van der Waals surface area contributed by atoms with Gasteiger partial charge in [0.15, 0.2) is 0 Å². The van der Waals surface area contributed by atoms with Crippen LogP contribution in [0.15, 0.2) is 66.7 Å². The number of carbonyl (C=O) groups excluding carboxylic acids is 1. The molecule has 5 heteroatoms. The lowest BCUT2D eigenvalue weighted by Gasteiger charge is -2.14. The molecule has 0 fully saturated rings. The van der Waals surface area contributed by atoms with Gasteiger partial charge in [-0.1, -0.05) is 61.2 Å².